The van der Waals surface area contributed by atoms with E-state index in [1.54, 1.807) is 24.4 Å². The van der Waals surface area contributed by atoms with Crippen molar-refractivity contribution in [3.63, 3.8) is 0 Å². The minimum absolute atomic E-state index is 0.155. The summed E-state index contributed by atoms with van der Waals surface area (Å²) in [6, 6.07) is 19.7. The quantitative estimate of drug-likeness (QED) is 0.0761. The molecule has 1 aliphatic heterocycles. The van der Waals surface area contributed by atoms with Gasteiger partial charge in [0.05, 0.1) is 35.9 Å². The fourth-order valence-electron chi connectivity index (χ4n) is 6.86. The van der Waals surface area contributed by atoms with E-state index in [4.69, 9.17) is 25.8 Å². The van der Waals surface area contributed by atoms with Gasteiger partial charge in [0.15, 0.2) is 0 Å². The van der Waals surface area contributed by atoms with Crippen molar-refractivity contribution in [3.8, 4) is 34.4 Å². The molecule has 0 amide bonds. The Balaban J connectivity index is 1.30. The molecule has 1 saturated heterocycles. The summed E-state index contributed by atoms with van der Waals surface area (Å²) >= 11 is 6.81. The van der Waals surface area contributed by atoms with Crippen molar-refractivity contribution in [3.05, 3.63) is 105 Å². The van der Waals surface area contributed by atoms with E-state index in [9.17, 15) is 20.6 Å². The predicted octanol–water partition coefficient (Wildman–Crippen LogP) is 6.74. The average molecular weight is 757 g/mol. The van der Waals surface area contributed by atoms with Gasteiger partial charge in [-0.15, -0.1) is 0 Å². The molecule has 4 aromatic rings. The summed E-state index contributed by atoms with van der Waals surface area (Å²) in [7, 11) is 0. The van der Waals surface area contributed by atoms with Gasteiger partial charge in [-0.2, -0.15) is 5.26 Å². The first-order chi connectivity index (χ1) is 26.2. The highest BCUT2D eigenvalue weighted by Crippen LogP contribution is 2.36. The number of piperidine rings is 1. The molecule has 0 aliphatic carbocycles. The van der Waals surface area contributed by atoms with Crippen LogP contribution in [-0.4, -0.2) is 76.8 Å². The molecular weight excluding hydrogens is 704 g/mol. The van der Waals surface area contributed by atoms with E-state index in [0.717, 1.165) is 78.0 Å². The van der Waals surface area contributed by atoms with Crippen LogP contribution in [0.5, 0.6) is 17.2 Å². The number of aliphatic hydroxyl groups is 3. The summed E-state index contributed by atoms with van der Waals surface area (Å²) in [5.74, 6) is 2.21. The van der Waals surface area contributed by atoms with Crippen molar-refractivity contribution < 1.29 is 29.5 Å². The lowest BCUT2D eigenvalue weighted by Crippen LogP contribution is -2.50. The second kappa shape index (κ2) is 19.9. The zero-order chi connectivity index (χ0) is 38.5. The number of hydrogen-bond donors (Lipinski definition) is 4. The third-order valence-electron chi connectivity index (χ3n) is 10.5. The largest absolute Gasteiger partial charge is 0.493 e. The van der Waals surface area contributed by atoms with Gasteiger partial charge in [0.1, 0.15) is 36.5 Å². The van der Waals surface area contributed by atoms with Gasteiger partial charge in [-0.3, -0.25) is 4.98 Å². The van der Waals surface area contributed by atoms with E-state index in [2.05, 4.69) is 47.3 Å². The number of benzene rings is 3. The minimum Gasteiger partial charge on any atom is -0.493 e. The van der Waals surface area contributed by atoms with E-state index in [0.29, 0.717) is 46.6 Å². The number of rotatable bonds is 19. The highest BCUT2D eigenvalue weighted by atomic mass is 35.5. The standard InChI is InChI=1S/C43H53ClN4O6/c1-4-43(28-50,29-51)47-23-36-18-39(44)42(19-41(36)53-26-34-17-33(20-45)21-46-22-34)54-27-35-10-5-11-37(30(35)2)38-12-6-13-40(31(38)3)52-16-8-15-48-14-7-9-32(24-48)25-49/h5-6,10-13,17-19,21-22,32,47,49-51H,4,7-9,14-16,23-29H2,1-3H3. The van der Waals surface area contributed by atoms with Gasteiger partial charge >= 0.3 is 0 Å². The molecule has 1 aromatic heterocycles. The fourth-order valence-corrected chi connectivity index (χ4v) is 7.11. The van der Waals surface area contributed by atoms with Crippen LogP contribution >= 0.6 is 11.6 Å². The molecule has 0 bridgehead atoms. The van der Waals surface area contributed by atoms with Crippen molar-refractivity contribution in [2.75, 3.05) is 46.1 Å². The second-order valence-corrected chi connectivity index (χ2v) is 14.6. The Morgan fingerprint density at radius 3 is 2.43 bits per heavy atom. The van der Waals surface area contributed by atoms with Crippen molar-refractivity contribution in [1.29, 1.82) is 5.26 Å². The van der Waals surface area contributed by atoms with Gasteiger partial charge in [0.25, 0.3) is 0 Å². The number of ether oxygens (including phenoxy) is 3. The smallest absolute Gasteiger partial charge is 0.142 e. The number of nitrogens with one attached hydrogen (secondary N) is 1. The summed E-state index contributed by atoms with van der Waals surface area (Å²) < 4.78 is 18.9. The Bertz CT molecular complexity index is 1870. The molecular formula is C43H53ClN4O6. The summed E-state index contributed by atoms with van der Waals surface area (Å²) in [6.07, 6.45) is 6.83. The van der Waals surface area contributed by atoms with Crippen LogP contribution in [0.25, 0.3) is 11.1 Å². The number of pyridine rings is 1. The zero-order valence-electron chi connectivity index (χ0n) is 31.6. The highest BCUT2D eigenvalue weighted by molar-refractivity contribution is 6.32. The number of nitriles is 1. The maximum absolute atomic E-state index is 10.00. The van der Waals surface area contributed by atoms with Gasteiger partial charge in [-0.25, -0.2) is 0 Å². The zero-order valence-corrected chi connectivity index (χ0v) is 32.4. The Morgan fingerprint density at radius 2 is 1.69 bits per heavy atom. The molecule has 3 aromatic carbocycles. The molecule has 1 fully saturated rings. The molecule has 1 unspecified atom stereocenters. The molecule has 5 rings (SSSR count). The first kappa shape index (κ1) is 41.0. The molecule has 1 aliphatic rings. The van der Waals surface area contributed by atoms with Crippen LogP contribution in [0.1, 0.15) is 66.0 Å². The molecule has 10 nitrogen and oxygen atoms in total. The maximum Gasteiger partial charge on any atom is 0.142 e. The van der Waals surface area contributed by atoms with Crippen LogP contribution in [0.3, 0.4) is 0 Å². The van der Waals surface area contributed by atoms with Crippen molar-refractivity contribution in [2.45, 2.75) is 71.8 Å². The Morgan fingerprint density at radius 1 is 0.926 bits per heavy atom. The summed E-state index contributed by atoms with van der Waals surface area (Å²) in [4.78, 5) is 6.57. The summed E-state index contributed by atoms with van der Waals surface area (Å²) in [6.45, 7) is 10.2. The molecule has 54 heavy (non-hydrogen) atoms. The summed E-state index contributed by atoms with van der Waals surface area (Å²) in [5.41, 5.74) is 6.38. The molecule has 1 atom stereocenters. The Hall–Kier alpha value is -4.21. The highest BCUT2D eigenvalue weighted by Gasteiger charge is 2.27. The van der Waals surface area contributed by atoms with Gasteiger partial charge in [-0.1, -0.05) is 48.9 Å². The third-order valence-corrected chi connectivity index (χ3v) is 10.8. The van der Waals surface area contributed by atoms with Gasteiger partial charge in [0, 0.05) is 55.8 Å². The molecule has 288 valence electrons. The SMILES string of the molecule is CCC(CO)(CO)NCc1cc(Cl)c(OCc2cccc(-c3cccc(OCCCN4CCCC(CO)C4)c3C)c2C)cc1OCc1cncc(C#N)c1. The van der Waals surface area contributed by atoms with Crippen molar-refractivity contribution in [1.82, 2.24) is 15.2 Å². The first-order valence-corrected chi connectivity index (χ1v) is 19.1. The topological polar surface area (TPSA) is 140 Å². The van der Waals surface area contributed by atoms with E-state index >= 15 is 0 Å². The molecule has 0 spiro atoms. The van der Waals surface area contributed by atoms with E-state index in [1.165, 1.54) is 6.20 Å². The van der Waals surface area contributed by atoms with Crippen LogP contribution in [0.2, 0.25) is 5.02 Å². The van der Waals surface area contributed by atoms with E-state index < -0.39 is 5.54 Å². The molecule has 0 radical (unpaired) electrons. The van der Waals surface area contributed by atoms with E-state index in [1.807, 2.05) is 31.2 Å². The van der Waals surface area contributed by atoms with Crippen LogP contribution in [0.4, 0.5) is 0 Å². The van der Waals surface area contributed by atoms with Gasteiger partial charge in [-0.05, 0) is 98.0 Å². The molecule has 2 heterocycles. The van der Waals surface area contributed by atoms with Crippen molar-refractivity contribution in [2.24, 2.45) is 5.92 Å². The second-order valence-electron chi connectivity index (χ2n) is 14.2. The number of nitrogens with zero attached hydrogens (tertiary/aromatic N) is 3. The Kier molecular flexibility index (Phi) is 15.1. The van der Waals surface area contributed by atoms with Crippen LogP contribution < -0.4 is 19.5 Å². The van der Waals surface area contributed by atoms with Crippen LogP contribution in [-0.2, 0) is 19.8 Å². The van der Waals surface area contributed by atoms with Gasteiger partial charge < -0.3 is 39.7 Å². The minimum atomic E-state index is -0.866. The lowest BCUT2D eigenvalue weighted by molar-refractivity contribution is 0.0861. The van der Waals surface area contributed by atoms with Crippen LogP contribution in [0, 0.1) is 31.1 Å². The monoisotopic (exact) mass is 756 g/mol. The van der Waals surface area contributed by atoms with E-state index in [-0.39, 0.29) is 39.6 Å². The number of hydrogen-bond acceptors (Lipinski definition) is 10. The number of halogens is 1. The molecule has 0 saturated carbocycles. The Labute approximate surface area is 324 Å². The number of aromatic nitrogens is 1. The van der Waals surface area contributed by atoms with Crippen molar-refractivity contribution >= 4 is 11.6 Å². The lowest BCUT2D eigenvalue weighted by atomic mass is 9.93. The normalized spacial score (nSPS) is 14.8. The number of likely N-dealkylation sites (tertiary alicyclic amines) is 1. The third kappa shape index (κ3) is 10.5. The van der Waals surface area contributed by atoms with Gasteiger partial charge in [0.2, 0.25) is 0 Å². The average Bonchev–Trinajstić information content (AvgIpc) is 3.20. The maximum atomic E-state index is 10.00. The predicted molar refractivity (Wildman–Crippen MR) is 211 cm³/mol. The summed E-state index contributed by atoms with van der Waals surface area (Å²) in [5, 5.41) is 42.5. The fraction of sp³-hybridized carbons (Fsp3) is 0.442. The lowest BCUT2D eigenvalue weighted by Gasteiger charge is -2.31. The van der Waals surface area contributed by atoms with Crippen LogP contribution in [0.15, 0.2) is 67.0 Å². The molecule has 11 heteroatoms. The number of aliphatic hydroxyl groups excluding tert-OH is 3. The molecule has 4 N–H and O–H groups in total. The first-order valence-electron chi connectivity index (χ1n) is 18.8.